The average molecular weight is 409 g/mol. The highest BCUT2D eigenvalue weighted by Crippen LogP contribution is 2.27. The lowest BCUT2D eigenvalue weighted by Crippen LogP contribution is -2.44. The number of anilines is 1. The van der Waals surface area contributed by atoms with Crippen molar-refractivity contribution in [3.8, 4) is 0 Å². The molecule has 1 atom stereocenters. The third kappa shape index (κ3) is 6.29. The van der Waals surface area contributed by atoms with Gasteiger partial charge in [-0.05, 0) is 36.6 Å². The Morgan fingerprint density at radius 3 is 2.30 bits per heavy atom. The first-order valence-electron chi connectivity index (χ1n) is 8.77. The van der Waals surface area contributed by atoms with Crippen molar-refractivity contribution < 1.29 is 9.59 Å². The van der Waals surface area contributed by atoms with Crippen molar-refractivity contribution in [2.45, 2.75) is 52.5 Å². The number of amides is 2. The predicted molar refractivity (Wildman–Crippen MR) is 109 cm³/mol. The van der Waals surface area contributed by atoms with Crippen LogP contribution in [0, 0.1) is 5.92 Å². The van der Waals surface area contributed by atoms with E-state index in [-0.39, 0.29) is 23.1 Å². The summed E-state index contributed by atoms with van der Waals surface area (Å²) in [5.41, 5.74) is 0.313. The highest BCUT2D eigenvalue weighted by molar-refractivity contribution is 7.15. The maximum atomic E-state index is 12.7. The number of nitrogens with zero attached hydrogens (tertiary/aromatic N) is 2. The lowest BCUT2D eigenvalue weighted by Gasteiger charge is -2.19. The number of hydrogen-bond donors (Lipinski definition) is 2. The molecule has 0 saturated carbocycles. The number of carbonyl (C=O) groups excluding carboxylic acids is 2. The van der Waals surface area contributed by atoms with Crippen molar-refractivity contribution in [2.75, 3.05) is 5.32 Å². The van der Waals surface area contributed by atoms with Gasteiger partial charge in [-0.25, -0.2) is 0 Å². The molecule has 27 heavy (non-hydrogen) atoms. The monoisotopic (exact) mass is 408 g/mol. The Hall–Kier alpha value is -1.99. The topological polar surface area (TPSA) is 84.0 Å². The molecular formula is C19H25ClN4O2S. The quantitative estimate of drug-likeness (QED) is 0.747. The normalized spacial score (nSPS) is 12.7. The minimum atomic E-state index is -0.671. The Labute approximate surface area is 168 Å². The number of aromatic nitrogens is 2. The maximum Gasteiger partial charge on any atom is 0.251 e. The molecule has 0 saturated heterocycles. The van der Waals surface area contributed by atoms with E-state index in [1.54, 1.807) is 24.3 Å². The summed E-state index contributed by atoms with van der Waals surface area (Å²) in [7, 11) is 0. The number of rotatable bonds is 6. The van der Waals surface area contributed by atoms with E-state index >= 15 is 0 Å². The van der Waals surface area contributed by atoms with E-state index in [1.807, 2.05) is 34.6 Å². The van der Waals surface area contributed by atoms with Gasteiger partial charge in [-0.2, -0.15) is 0 Å². The van der Waals surface area contributed by atoms with Crippen molar-refractivity contribution in [1.82, 2.24) is 15.5 Å². The Morgan fingerprint density at radius 1 is 1.15 bits per heavy atom. The fourth-order valence-corrected chi connectivity index (χ4v) is 3.25. The molecule has 0 fully saturated rings. The van der Waals surface area contributed by atoms with Crippen LogP contribution in [0.15, 0.2) is 24.3 Å². The van der Waals surface area contributed by atoms with Gasteiger partial charge in [0.25, 0.3) is 5.91 Å². The van der Waals surface area contributed by atoms with Crippen molar-refractivity contribution in [3.05, 3.63) is 39.9 Å². The molecule has 2 aromatic rings. The second-order valence-corrected chi connectivity index (χ2v) is 9.23. The first kappa shape index (κ1) is 21.3. The molecule has 2 rings (SSSR count). The minimum Gasteiger partial charge on any atom is -0.340 e. The van der Waals surface area contributed by atoms with Crippen molar-refractivity contribution in [3.63, 3.8) is 0 Å². The van der Waals surface area contributed by atoms with Crippen molar-refractivity contribution in [1.29, 1.82) is 0 Å². The highest BCUT2D eigenvalue weighted by Gasteiger charge is 2.25. The number of benzene rings is 1. The van der Waals surface area contributed by atoms with E-state index in [1.165, 1.54) is 11.3 Å². The highest BCUT2D eigenvalue weighted by atomic mass is 35.5. The van der Waals surface area contributed by atoms with E-state index in [2.05, 4.69) is 20.8 Å². The van der Waals surface area contributed by atoms with Crippen LogP contribution in [-0.4, -0.2) is 28.1 Å². The van der Waals surface area contributed by atoms with Crippen molar-refractivity contribution in [2.24, 2.45) is 5.92 Å². The molecule has 0 aliphatic heterocycles. The van der Waals surface area contributed by atoms with Gasteiger partial charge in [0.1, 0.15) is 11.0 Å². The maximum absolute atomic E-state index is 12.7. The van der Waals surface area contributed by atoms with Crippen LogP contribution in [0.2, 0.25) is 5.02 Å². The van der Waals surface area contributed by atoms with Gasteiger partial charge >= 0.3 is 0 Å². The second-order valence-electron chi connectivity index (χ2n) is 7.81. The Balaban J connectivity index is 2.10. The molecule has 146 valence electrons. The van der Waals surface area contributed by atoms with Crippen LogP contribution >= 0.6 is 22.9 Å². The molecule has 0 aliphatic rings. The zero-order chi connectivity index (χ0) is 20.2. The van der Waals surface area contributed by atoms with E-state index in [0.29, 0.717) is 22.1 Å². The van der Waals surface area contributed by atoms with Gasteiger partial charge in [-0.1, -0.05) is 57.6 Å². The summed E-state index contributed by atoms with van der Waals surface area (Å²) >= 11 is 7.20. The molecule has 8 heteroatoms. The van der Waals surface area contributed by atoms with Crippen LogP contribution in [0.1, 0.15) is 56.4 Å². The van der Waals surface area contributed by atoms with Crippen LogP contribution in [0.4, 0.5) is 5.13 Å². The number of halogens is 1. The third-order valence-corrected chi connectivity index (χ3v) is 5.25. The lowest BCUT2D eigenvalue weighted by atomic mass is 9.98. The van der Waals surface area contributed by atoms with Gasteiger partial charge in [0.05, 0.1) is 0 Å². The Kier molecular flexibility index (Phi) is 6.95. The zero-order valence-electron chi connectivity index (χ0n) is 16.2. The molecule has 0 radical (unpaired) electrons. The molecule has 6 nitrogen and oxygen atoms in total. The summed E-state index contributed by atoms with van der Waals surface area (Å²) < 4.78 is 0. The summed E-state index contributed by atoms with van der Waals surface area (Å²) in [6.07, 6.45) is 0.510. The summed E-state index contributed by atoms with van der Waals surface area (Å²) in [5.74, 6) is -0.395. The molecule has 0 spiro atoms. The fraction of sp³-hybridized carbons (Fsp3) is 0.474. The molecule has 2 amide bonds. The number of hydrogen-bond acceptors (Lipinski definition) is 5. The summed E-state index contributed by atoms with van der Waals surface area (Å²) in [6, 6.07) is 5.87. The summed E-state index contributed by atoms with van der Waals surface area (Å²) in [6.45, 7) is 10.1. The van der Waals surface area contributed by atoms with Gasteiger partial charge in [0, 0.05) is 16.0 Å². The van der Waals surface area contributed by atoms with Crippen LogP contribution in [0.3, 0.4) is 0 Å². The largest absolute Gasteiger partial charge is 0.340 e. The van der Waals surface area contributed by atoms with Gasteiger partial charge in [-0.3, -0.25) is 14.9 Å². The van der Waals surface area contributed by atoms with E-state index < -0.39 is 6.04 Å². The molecule has 1 heterocycles. The van der Waals surface area contributed by atoms with Gasteiger partial charge in [0.2, 0.25) is 11.0 Å². The first-order chi connectivity index (χ1) is 12.6. The average Bonchev–Trinajstić information content (AvgIpc) is 3.03. The molecular weight excluding hydrogens is 384 g/mol. The lowest BCUT2D eigenvalue weighted by molar-refractivity contribution is -0.118. The first-order valence-corrected chi connectivity index (χ1v) is 9.97. The SMILES string of the molecule is CC(C)CC(NC(=O)c1ccc(Cl)cc1)C(=O)Nc1nnc(C(C)(C)C)s1. The smallest absolute Gasteiger partial charge is 0.251 e. The van der Waals surface area contributed by atoms with Gasteiger partial charge < -0.3 is 5.32 Å². The Bertz CT molecular complexity index is 797. The second kappa shape index (κ2) is 8.80. The Morgan fingerprint density at radius 2 is 1.78 bits per heavy atom. The summed E-state index contributed by atoms with van der Waals surface area (Å²) in [5, 5.41) is 15.6. The van der Waals surface area contributed by atoms with E-state index in [4.69, 9.17) is 11.6 Å². The summed E-state index contributed by atoms with van der Waals surface area (Å²) in [4.78, 5) is 25.2. The van der Waals surface area contributed by atoms with Gasteiger partial charge in [-0.15, -0.1) is 10.2 Å². The fourth-order valence-electron chi connectivity index (χ4n) is 2.32. The van der Waals surface area contributed by atoms with Crippen LogP contribution in [0.25, 0.3) is 0 Å². The van der Waals surface area contributed by atoms with Crippen LogP contribution < -0.4 is 10.6 Å². The minimum absolute atomic E-state index is 0.138. The molecule has 0 bridgehead atoms. The number of carbonyl (C=O) groups is 2. The van der Waals surface area contributed by atoms with Crippen LogP contribution in [0.5, 0.6) is 0 Å². The van der Waals surface area contributed by atoms with Crippen molar-refractivity contribution >= 4 is 39.9 Å². The molecule has 2 N–H and O–H groups in total. The van der Waals surface area contributed by atoms with E-state index in [9.17, 15) is 9.59 Å². The molecule has 1 aromatic carbocycles. The zero-order valence-corrected chi connectivity index (χ0v) is 17.7. The standard InChI is InChI=1S/C19H25ClN4O2S/c1-11(2)10-14(21-15(25)12-6-8-13(20)9-7-12)16(26)22-18-24-23-17(27-18)19(3,4)5/h6-9,11,14H,10H2,1-5H3,(H,21,25)(H,22,24,26). The van der Waals surface area contributed by atoms with Crippen LogP contribution in [-0.2, 0) is 10.2 Å². The molecule has 1 unspecified atom stereocenters. The van der Waals surface area contributed by atoms with E-state index in [0.717, 1.165) is 5.01 Å². The third-order valence-electron chi connectivity index (χ3n) is 3.73. The predicted octanol–water partition coefficient (Wildman–Crippen LogP) is 4.27. The molecule has 0 aliphatic carbocycles. The molecule has 1 aromatic heterocycles. The number of nitrogens with one attached hydrogen (secondary N) is 2. The van der Waals surface area contributed by atoms with Gasteiger partial charge in [0.15, 0.2) is 0 Å².